The SMILES string of the molecule is C1=C2C=c3cc4[nH]c5ccccc5c4cc3=C2C(c2ccccc2)(c2ccccc2)CC1. The highest BCUT2D eigenvalue weighted by molar-refractivity contribution is 6.08. The van der Waals surface area contributed by atoms with Gasteiger partial charge in [0.25, 0.3) is 0 Å². The van der Waals surface area contributed by atoms with Crippen molar-refractivity contribution in [1.82, 2.24) is 4.98 Å². The summed E-state index contributed by atoms with van der Waals surface area (Å²) >= 11 is 0. The van der Waals surface area contributed by atoms with Crippen LogP contribution in [0.3, 0.4) is 0 Å². The van der Waals surface area contributed by atoms with Crippen LogP contribution in [0.2, 0.25) is 0 Å². The Balaban J connectivity index is 1.65. The summed E-state index contributed by atoms with van der Waals surface area (Å²) in [6.07, 6.45) is 6.99. The van der Waals surface area contributed by atoms with Crippen LogP contribution in [0.5, 0.6) is 0 Å². The predicted octanol–water partition coefficient (Wildman–Crippen LogP) is 5.97. The Morgan fingerprint density at radius 3 is 2.09 bits per heavy atom. The number of H-pyrrole nitrogens is 1. The van der Waals surface area contributed by atoms with Crippen LogP contribution < -0.4 is 10.4 Å². The van der Waals surface area contributed by atoms with E-state index in [4.69, 9.17) is 0 Å². The maximum absolute atomic E-state index is 3.62. The van der Waals surface area contributed by atoms with E-state index in [0.29, 0.717) is 0 Å². The lowest BCUT2D eigenvalue weighted by atomic mass is 9.62. The van der Waals surface area contributed by atoms with E-state index in [9.17, 15) is 0 Å². The zero-order valence-corrected chi connectivity index (χ0v) is 17.8. The molecule has 1 nitrogen and oxygen atoms in total. The first-order valence-corrected chi connectivity index (χ1v) is 11.4. The third-order valence-electron chi connectivity index (χ3n) is 7.39. The topological polar surface area (TPSA) is 15.8 Å². The summed E-state index contributed by atoms with van der Waals surface area (Å²) in [4.78, 5) is 3.62. The van der Waals surface area contributed by atoms with E-state index < -0.39 is 0 Å². The highest BCUT2D eigenvalue weighted by Gasteiger charge is 2.42. The van der Waals surface area contributed by atoms with Gasteiger partial charge in [0, 0.05) is 27.2 Å². The van der Waals surface area contributed by atoms with Crippen molar-refractivity contribution in [2.75, 3.05) is 0 Å². The van der Waals surface area contributed by atoms with E-state index in [1.165, 1.54) is 54.5 Å². The van der Waals surface area contributed by atoms with Gasteiger partial charge in [0.1, 0.15) is 0 Å². The van der Waals surface area contributed by atoms with Gasteiger partial charge < -0.3 is 4.98 Å². The highest BCUT2D eigenvalue weighted by Crippen LogP contribution is 2.50. The number of fused-ring (bicyclic) bond motifs is 5. The van der Waals surface area contributed by atoms with Gasteiger partial charge in [-0.3, -0.25) is 0 Å². The van der Waals surface area contributed by atoms with Gasteiger partial charge in [0.15, 0.2) is 0 Å². The number of nitrogens with one attached hydrogen (secondary N) is 1. The van der Waals surface area contributed by atoms with Gasteiger partial charge >= 0.3 is 0 Å². The lowest BCUT2D eigenvalue weighted by Gasteiger charge is -2.40. The Bertz CT molecular complexity index is 1610. The van der Waals surface area contributed by atoms with Crippen molar-refractivity contribution in [1.29, 1.82) is 0 Å². The van der Waals surface area contributed by atoms with Crippen LogP contribution in [0.25, 0.3) is 33.5 Å². The van der Waals surface area contributed by atoms with E-state index in [0.717, 1.165) is 12.8 Å². The Morgan fingerprint density at radius 2 is 1.34 bits per heavy atom. The number of hydrogen-bond donors (Lipinski definition) is 1. The Hall–Kier alpha value is -3.84. The Morgan fingerprint density at radius 1 is 0.656 bits per heavy atom. The molecule has 32 heavy (non-hydrogen) atoms. The van der Waals surface area contributed by atoms with Crippen LogP contribution >= 0.6 is 0 Å². The highest BCUT2D eigenvalue weighted by atomic mass is 14.7. The van der Waals surface area contributed by atoms with Crippen LogP contribution in [-0.4, -0.2) is 4.98 Å². The van der Waals surface area contributed by atoms with Crippen molar-refractivity contribution >= 4 is 33.5 Å². The second-order valence-electron chi connectivity index (χ2n) is 9.01. The second-order valence-corrected chi connectivity index (χ2v) is 9.01. The van der Waals surface area contributed by atoms with E-state index in [1.54, 1.807) is 0 Å². The van der Waals surface area contributed by atoms with Crippen molar-refractivity contribution in [3.05, 3.63) is 130 Å². The number of aromatic amines is 1. The fourth-order valence-electron chi connectivity index (χ4n) is 6.04. The van der Waals surface area contributed by atoms with Gasteiger partial charge in [-0.25, -0.2) is 0 Å². The molecule has 0 saturated heterocycles. The van der Waals surface area contributed by atoms with Crippen LogP contribution in [0.1, 0.15) is 24.0 Å². The number of aromatic nitrogens is 1. The first kappa shape index (κ1) is 17.8. The molecule has 7 rings (SSSR count). The molecule has 1 heterocycles. The van der Waals surface area contributed by atoms with Gasteiger partial charge in [-0.2, -0.15) is 0 Å². The number of para-hydroxylation sites is 1. The second kappa shape index (κ2) is 6.58. The molecule has 1 heteroatoms. The molecular weight excluding hydrogens is 386 g/mol. The number of allylic oxidation sites excluding steroid dienone is 2. The third-order valence-corrected chi connectivity index (χ3v) is 7.39. The zero-order valence-electron chi connectivity index (χ0n) is 17.8. The van der Waals surface area contributed by atoms with Crippen molar-refractivity contribution in [2.45, 2.75) is 18.3 Å². The van der Waals surface area contributed by atoms with Gasteiger partial charge in [0.2, 0.25) is 0 Å². The largest absolute Gasteiger partial charge is 0.354 e. The first-order chi connectivity index (χ1) is 15.8. The molecule has 0 amide bonds. The minimum absolute atomic E-state index is 0.145. The number of hydrogen-bond acceptors (Lipinski definition) is 0. The van der Waals surface area contributed by atoms with Gasteiger partial charge in [-0.1, -0.05) is 84.9 Å². The molecule has 0 bridgehead atoms. The monoisotopic (exact) mass is 409 g/mol. The molecule has 0 aliphatic heterocycles. The minimum atomic E-state index is -0.145. The third kappa shape index (κ3) is 2.34. The molecule has 0 unspecified atom stereocenters. The normalized spacial score (nSPS) is 16.5. The summed E-state index contributed by atoms with van der Waals surface area (Å²) in [6.45, 7) is 0. The van der Waals surface area contributed by atoms with Gasteiger partial charge in [0.05, 0.1) is 0 Å². The summed E-state index contributed by atoms with van der Waals surface area (Å²) in [6, 6.07) is 35.6. The van der Waals surface area contributed by atoms with Crippen molar-refractivity contribution in [2.24, 2.45) is 0 Å². The fraction of sp³-hybridized carbons (Fsp3) is 0.0968. The van der Waals surface area contributed by atoms with E-state index in [2.05, 4.69) is 114 Å². The molecule has 0 atom stereocenters. The van der Waals surface area contributed by atoms with Gasteiger partial charge in [-0.05, 0) is 69.8 Å². The molecule has 2 aliphatic rings. The summed E-state index contributed by atoms with van der Waals surface area (Å²) in [5.41, 5.74) is 7.88. The molecule has 0 fully saturated rings. The molecule has 1 N–H and O–H groups in total. The van der Waals surface area contributed by atoms with Crippen LogP contribution in [0.15, 0.2) is 109 Å². The van der Waals surface area contributed by atoms with E-state index >= 15 is 0 Å². The molecule has 0 saturated carbocycles. The van der Waals surface area contributed by atoms with Crippen LogP contribution in [0.4, 0.5) is 0 Å². The lowest BCUT2D eigenvalue weighted by molar-refractivity contribution is 0.590. The molecule has 0 spiro atoms. The zero-order chi connectivity index (χ0) is 21.1. The standard InChI is InChI=1S/C31H23N/c1-3-11-23(12-4-1)31(24-13-5-2-6-14-24)17-9-10-21-18-22-19-29-27(20-26(22)30(21)31)25-15-7-8-16-28(25)32-29/h1-8,10-16,18-20,32H,9,17H2. The Kier molecular flexibility index (Phi) is 3.66. The first-order valence-electron chi connectivity index (χ1n) is 11.4. The molecule has 152 valence electrons. The predicted molar refractivity (Wildman–Crippen MR) is 134 cm³/mol. The average Bonchev–Trinajstić information content (AvgIpc) is 3.41. The van der Waals surface area contributed by atoms with Gasteiger partial charge in [-0.15, -0.1) is 0 Å². The Labute approximate surface area is 187 Å². The lowest BCUT2D eigenvalue weighted by Crippen LogP contribution is -2.37. The van der Waals surface area contributed by atoms with Crippen molar-refractivity contribution in [3.8, 4) is 0 Å². The summed E-state index contributed by atoms with van der Waals surface area (Å²) < 4.78 is 0. The summed E-state index contributed by atoms with van der Waals surface area (Å²) in [7, 11) is 0. The molecule has 1 aromatic heterocycles. The maximum Gasteiger partial charge on any atom is 0.0471 e. The molecule has 5 aromatic rings. The number of rotatable bonds is 2. The molecule has 4 aromatic carbocycles. The summed E-state index contributed by atoms with van der Waals surface area (Å²) in [5, 5.41) is 5.30. The molecular formula is C31H23N. The maximum atomic E-state index is 3.62. The van der Waals surface area contributed by atoms with Crippen LogP contribution in [0, 0.1) is 0 Å². The molecule has 2 aliphatic carbocycles. The summed E-state index contributed by atoms with van der Waals surface area (Å²) in [5.74, 6) is 0. The van der Waals surface area contributed by atoms with E-state index in [-0.39, 0.29) is 5.41 Å². The van der Waals surface area contributed by atoms with E-state index in [1.807, 2.05) is 0 Å². The smallest absolute Gasteiger partial charge is 0.0471 e. The van der Waals surface area contributed by atoms with Crippen molar-refractivity contribution < 1.29 is 0 Å². The minimum Gasteiger partial charge on any atom is -0.354 e. The number of benzene rings is 4. The van der Waals surface area contributed by atoms with Crippen LogP contribution in [-0.2, 0) is 5.41 Å². The van der Waals surface area contributed by atoms with Crippen molar-refractivity contribution in [3.63, 3.8) is 0 Å². The fourth-order valence-corrected chi connectivity index (χ4v) is 6.04. The quantitative estimate of drug-likeness (QED) is 0.370. The average molecular weight is 410 g/mol. The molecule has 0 radical (unpaired) electrons.